The Morgan fingerprint density at radius 2 is 1.75 bits per heavy atom. The SMILES string of the molecule is CN(CC1CCCCC1)S(=O)(=O)N1CCCC(CO)C1. The third kappa shape index (κ3) is 3.93. The summed E-state index contributed by atoms with van der Waals surface area (Å²) in [6.45, 7) is 1.78. The van der Waals surface area contributed by atoms with Crippen LogP contribution in [0.25, 0.3) is 0 Å². The summed E-state index contributed by atoms with van der Waals surface area (Å²) in [5, 5.41) is 9.24. The number of piperidine rings is 1. The highest BCUT2D eigenvalue weighted by molar-refractivity contribution is 7.86. The van der Waals surface area contributed by atoms with Crippen molar-refractivity contribution in [3.8, 4) is 0 Å². The molecule has 5 nitrogen and oxygen atoms in total. The van der Waals surface area contributed by atoms with Gasteiger partial charge < -0.3 is 5.11 Å². The summed E-state index contributed by atoms with van der Waals surface area (Å²) < 4.78 is 28.3. The van der Waals surface area contributed by atoms with Crippen molar-refractivity contribution in [2.24, 2.45) is 11.8 Å². The Kier molecular flexibility index (Phi) is 5.84. The van der Waals surface area contributed by atoms with Gasteiger partial charge in [-0.1, -0.05) is 19.3 Å². The molecule has 2 rings (SSSR count). The van der Waals surface area contributed by atoms with E-state index in [0.717, 1.165) is 25.7 Å². The molecular weight excluding hydrogens is 276 g/mol. The average molecular weight is 304 g/mol. The molecule has 2 aliphatic rings. The van der Waals surface area contributed by atoms with Crippen LogP contribution in [0.15, 0.2) is 0 Å². The highest BCUT2D eigenvalue weighted by Crippen LogP contribution is 2.26. The number of rotatable bonds is 5. The standard InChI is InChI=1S/C14H28N2O3S/c1-15(10-13-6-3-2-4-7-13)20(18,19)16-9-5-8-14(11-16)12-17/h13-14,17H,2-12H2,1H3. The minimum absolute atomic E-state index is 0.0817. The van der Waals surface area contributed by atoms with Gasteiger partial charge in [-0.05, 0) is 37.5 Å². The number of aliphatic hydroxyl groups is 1. The molecule has 1 N–H and O–H groups in total. The van der Waals surface area contributed by atoms with Crippen molar-refractivity contribution in [1.29, 1.82) is 0 Å². The van der Waals surface area contributed by atoms with Crippen molar-refractivity contribution < 1.29 is 13.5 Å². The van der Waals surface area contributed by atoms with Crippen molar-refractivity contribution in [1.82, 2.24) is 8.61 Å². The summed E-state index contributed by atoms with van der Waals surface area (Å²) >= 11 is 0. The Morgan fingerprint density at radius 1 is 1.10 bits per heavy atom. The van der Waals surface area contributed by atoms with E-state index in [1.807, 2.05) is 0 Å². The number of hydrogen-bond acceptors (Lipinski definition) is 3. The van der Waals surface area contributed by atoms with Crippen LogP contribution in [0, 0.1) is 11.8 Å². The van der Waals surface area contributed by atoms with Crippen LogP contribution in [0.2, 0.25) is 0 Å². The second-order valence-electron chi connectivity index (χ2n) is 6.34. The molecule has 0 aromatic heterocycles. The number of aliphatic hydroxyl groups excluding tert-OH is 1. The molecule has 1 saturated heterocycles. The number of nitrogens with zero attached hydrogens (tertiary/aromatic N) is 2. The Hall–Kier alpha value is -0.170. The zero-order valence-corrected chi connectivity index (χ0v) is 13.3. The number of hydrogen-bond donors (Lipinski definition) is 1. The zero-order chi connectivity index (χ0) is 14.6. The first-order valence-electron chi connectivity index (χ1n) is 7.86. The Balaban J connectivity index is 1.93. The van der Waals surface area contributed by atoms with E-state index in [0.29, 0.717) is 25.6 Å². The van der Waals surface area contributed by atoms with E-state index in [-0.39, 0.29) is 12.5 Å². The molecule has 2 fully saturated rings. The van der Waals surface area contributed by atoms with E-state index in [1.54, 1.807) is 11.4 Å². The summed E-state index contributed by atoms with van der Waals surface area (Å²) in [7, 11) is -1.65. The van der Waals surface area contributed by atoms with Gasteiger partial charge in [-0.3, -0.25) is 0 Å². The van der Waals surface area contributed by atoms with Crippen molar-refractivity contribution in [3.63, 3.8) is 0 Å². The Labute approximate surface area is 123 Å². The molecule has 1 unspecified atom stereocenters. The van der Waals surface area contributed by atoms with Gasteiger partial charge in [-0.15, -0.1) is 0 Å². The molecule has 0 spiro atoms. The van der Waals surface area contributed by atoms with E-state index in [9.17, 15) is 13.5 Å². The van der Waals surface area contributed by atoms with Crippen molar-refractivity contribution in [2.75, 3.05) is 33.3 Å². The van der Waals surface area contributed by atoms with Gasteiger partial charge in [0.1, 0.15) is 0 Å². The van der Waals surface area contributed by atoms with Crippen molar-refractivity contribution in [2.45, 2.75) is 44.9 Å². The zero-order valence-electron chi connectivity index (χ0n) is 12.5. The van der Waals surface area contributed by atoms with Gasteiger partial charge in [0.2, 0.25) is 0 Å². The topological polar surface area (TPSA) is 60.9 Å². The third-order valence-corrected chi connectivity index (χ3v) is 6.62. The monoisotopic (exact) mass is 304 g/mol. The third-order valence-electron chi connectivity index (χ3n) is 4.70. The lowest BCUT2D eigenvalue weighted by molar-refractivity contribution is 0.160. The first-order valence-corrected chi connectivity index (χ1v) is 9.26. The highest BCUT2D eigenvalue weighted by atomic mass is 32.2. The molecule has 1 aliphatic carbocycles. The fourth-order valence-electron chi connectivity index (χ4n) is 3.41. The molecule has 1 aliphatic heterocycles. The van der Waals surface area contributed by atoms with Crippen LogP contribution in [-0.4, -0.2) is 55.4 Å². The molecule has 118 valence electrons. The molecule has 0 aromatic rings. The van der Waals surface area contributed by atoms with Gasteiger partial charge in [0.15, 0.2) is 0 Å². The van der Waals surface area contributed by atoms with Crippen molar-refractivity contribution >= 4 is 10.2 Å². The van der Waals surface area contributed by atoms with Crippen LogP contribution < -0.4 is 0 Å². The van der Waals surface area contributed by atoms with E-state index in [1.165, 1.54) is 23.6 Å². The summed E-state index contributed by atoms with van der Waals surface area (Å²) in [6.07, 6.45) is 7.83. The van der Waals surface area contributed by atoms with Crippen LogP contribution in [0.1, 0.15) is 44.9 Å². The lowest BCUT2D eigenvalue weighted by atomic mass is 9.89. The molecule has 1 heterocycles. The fraction of sp³-hybridized carbons (Fsp3) is 1.00. The lowest BCUT2D eigenvalue weighted by Gasteiger charge is -2.35. The molecule has 0 radical (unpaired) electrons. The van der Waals surface area contributed by atoms with Gasteiger partial charge in [0, 0.05) is 33.3 Å². The maximum Gasteiger partial charge on any atom is 0.281 e. The molecule has 0 amide bonds. The van der Waals surface area contributed by atoms with Gasteiger partial charge in [0.05, 0.1) is 0 Å². The molecule has 20 heavy (non-hydrogen) atoms. The minimum Gasteiger partial charge on any atom is -0.396 e. The summed E-state index contributed by atoms with van der Waals surface area (Å²) in [6, 6.07) is 0. The lowest BCUT2D eigenvalue weighted by Crippen LogP contribution is -2.48. The predicted molar refractivity (Wildman–Crippen MR) is 79.5 cm³/mol. The van der Waals surface area contributed by atoms with Crippen molar-refractivity contribution in [3.05, 3.63) is 0 Å². The van der Waals surface area contributed by atoms with E-state index in [4.69, 9.17) is 0 Å². The van der Waals surface area contributed by atoms with Crippen LogP contribution in [0.3, 0.4) is 0 Å². The van der Waals surface area contributed by atoms with E-state index in [2.05, 4.69) is 0 Å². The van der Waals surface area contributed by atoms with E-state index >= 15 is 0 Å². The first kappa shape index (κ1) is 16.2. The van der Waals surface area contributed by atoms with Crippen LogP contribution in [-0.2, 0) is 10.2 Å². The largest absolute Gasteiger partial charge is 0.396 e. The average Bonchev–Trinajstić information content (AvgIpc) is 2.48. The molecule has 1 saturated carbocycles. The normalized spacial score (nSPS) is 27.1. The van der Waals surface area contributed by atoms with Gasteiger partial charge in [0.25, 0.3) is 10.2 Å². The quantitative estimate of drug-likeness (QED) is 0.836. The minimum atomic E-state index is -3.35. The Morgan fingerprint density at radius 3 is 2.40 bits per heavy atom. The first-order chi connectivity index (χ1) is 9.54. The predicted octanol–water partition coefficient (Wildman–Crippen LogP) is 1.45. The van der Waals surface area contributed by atoms with Crippen LogP contribution in [0.4, 0.5) is 0 Å². The smallest absolute Gasteiger partial charge is 0.281 e. The summed E-state index contributed by atoms with van der Waals surface area (Å²) in [5.41, 5.74) is 0. The van der Waals surface area contributed by atoms with Gasteiger partial charge in [-0.2, -0.15) is 17.0 Å². The maximum atomic E-state index is 12.6. The fourth-order valence-corrected chi connectivity index (χ4v) is 4.96. The molecule has 6 heteroatoms. The summed E-state index contributed by atoms with van der Waals surface area (Å²) in [5.74, 6) is 0.614. The maximum absolute atomic E-state index is 12.6. The van der Waals surface area contributed by atoms with E-state index < -0.39 is 10.2 Å². The highest BCUT2D eigenvalue weighted by Gasteiger charge is 2.32. The van der Waals surface area contributed by atoms with Crippen LogP contribution >= 0.6 is 0 Å². The molecule has 1 atom stereocenters. The Bertz CT molecular complexity index is 393. The second-order valence-corrected chi connectivity index (χ2v) is 8.38. The van der Waals surface area contributed by atoms with Crippen LogP contribution in [0.5, 0.6) is 0 Å². The second kappa shape index (κ2) is 7.20. The van der Waals surface area contributed by atoms with Gasteiger partial charge >= 0.3 is 0 Å². The molecule has 0 bridgehead atoms. The summed E-state index contributed by atoms with van der Waals surface area (Å²) in [4.78, 5) is 0. The molecule has 0 aromatic carbocycles. The molecular formula is C14H28N2O3S. The van der Waals surface area contributed by atoms with Gasteiger partial charge in [-0.25, -0.2) is 0 Å².